The van der Waals surface area contributed by atoms with E-state index in [1.54, 1.807) is 32.4 Å². The summed E-state index contributed by atoms with van der Waals surface area (Å²) >= 11 is 0. The number of ketones is 1. The molecule has 152 valence electrons. The Bertz CT molecular complexity index is 767. The molecule has 0 radical (unpaired) electrons. The number of hydrogen-bond donors (Lipinski definition) is 0. The number of methoxy groups -OCH3 is 4. The minimum Gasteiger partial charge on any atom is -0.494 e. The number of carbonyl (C=O) groups is 1. The van der Waals surface area contributed by atoms with Crippen molar-refractivity contribution in [1.82, 2.24) is 0 Å². The highest BCUT2D eigenvalue weighted by molar-refractivity contribution is 5.93. The Labute approximate surface area is 166 Å². The minimum atomic E-state index is -1.24. The lowest BCUT2D eigenvalue weighted by molar-refractivity contribution is -0.178. The highest BCUT2D eigenvalue weighted by Crippen LogP contribution is 2.42. The monoisotopic (exact) mass is 388 g/mol. The van der Waals surface area contributed by atoms with Gasteiger partial charge in [0.05, 0.1) is 21.3 Å². The van der Waals surface area contributed by atoms with Crippen LogP contribution < -0.4 is 14.2 Å². The quantitative estimate of drug-likeness (QED) is 0.448. The second-order valence-electron chi connectivity index (χ2n) is 6.41. The van der Waals surface area contributed by atoms with Crippen LogP contribution in [0.15, 0.2) is 49.3 Å². The van der Waals surface area contributed by atoms with E-state index in [0.29, 0.717) is 42.3 Å². The standard InChI is InChI=1S/C22H28O6/c1-7-9-15-11-19(24-3)20(25-4)13-18(15)28-22(27-6)14-16(10-8-2)17(23)12-21(22)26-5/h7-8,11-13,16H,1-2,9-10,14H2,3-6H3/t16-,22+/m1/s1. The maximum Gasteiger partial charge on any atom is 0.269 e. The molecule has 1 aromatic carbocycles. The fourth-order valence-corrected chi connectivity index (χ4v) is 3.31. The van der Waals surface area contributed by atoms with Gasteiger partial charge >= 0.3 is 0 Å². The molecule has 0 N–H and O–H groups in total. The SMILES string of the molecule is C=CCc1cc(OC)c(OC)cc1O[C@@]1(OC)C[C@@H](CC=C)C(=O)C=C1OC. The van der Waals surface area contributed by atoms with Crippen molar-refractivity contribution in [2.75, 3.05) is 28.4 Å². The third kappa shape index (κ3) is 4.22. The molecule has 1 aromatic rings. The second-order valence-corrected chi connectivity index (χ2v) is 6.41. The van der Waals surface area contributed by atoms with Crippen molar-refractivity contribution in [2.45, 2.75) is 25.0 Å². The smallest absolute Gasteiger partial charge is 0.269 e. The van der Waals surface area contributed by atoms with E-state index in [2.05, 4.69) is 13.2 Å². The van der Waals surface area contributed by atoms with E-state index in [0.717, 1.165) is 5.56 Å². The first-order valence-corrected chi connectivity index (χ1v) is 8.99. The summed E-state index contributed by atoms with van der Waals surface area (Å²) in [5, 5.41) is 0. The number of ether oxygens (including phenoxy) is 5. The number of rotatable bonds is 10. The molecular weight excluding hydrogens is 360 g/mol. The first kappa shape index (κ1) is 21.6. The number of benzene rings is 1. The Morgan fingerprint density at radius 3 is 2.25 bits per heavy atom. The Morgan fingerprint density at radius 1 is 1.04 bits per heavy atom. The zero-order chi connectivity index (χ0) is 20.7. The summed E-state index contributed by atoms with van der Waals surface area (Å²) in [6, 6.07) is 3.58. The maximum atomic E-state index is 12.4. The number of hydrogen-bond acceptors (Lipinski definition) is 6. The molecule has 0 heterocycles. The van der Waals surface area contributed by atoms with Crippen LogP contribution in [0.25, 0.3) is 0 Å². The van der Waals surface area contributed by atoms with E-state index in [9.17, 15) is 4.79 Å². The van der Waals surface area contributed by atoms with E-state index >= 15 is 0 Å². The Hall–Kier alpha value is -2.73. The lowest BCUT2D eigenvalue weighted by Crippen LogP contribution is -2.47. The minimum absolute atomic E-state index is 0.0355. The summed E-state index contributed by atoms with van der Waals surface area (Å²) in [4.78, 5) is 12.4. The molecule has 0 spiro atoms. The van der Waals surface area contributed by atoms with Crippen LogP contribution in [0.3, 0.4) is 0 Å². The van der Waals surface area contributed by atoms with Gasteiger partial charge in [-0.2, -0.15) is 0 Å². The van der Waals surface area contributed by atoms with E-state index in [4.69, 9.17) is 23.7 Å². The van der Waals surface area contributed by atoms with Crippen LogP contribution >= 0.6 is 0 Å². The molecule has 0 aliphatic heterocycles. The van der Waals surface area contributed by atoms with Gasteiger partial charge in [0.2, 0.25) is 0 Å². The van der Waals surface area contributed by atoms with Crippen molar-refractivity contribution in [3.05, 3.63) is 54.8 Å². The van der Waals surface area contributed by atoms with E-state index < -0.39 is 5.79 Å². The lowest BCUT2D eigenvalue weighted by atomic mass is 9.85. The molecule has 28 heavy (non-hydrogen) atoms. The van der Waals surface area contributed by atoms with Crippen LogP contribution in [0, 0.1) is 5.92 Å². The normalized spacial score (nSPS) is 21.5. The third-order valence-corrected chi connectivity index (χ3v) is 4.77. The predicted molar refractivity (Wildman–Crippen MR) is 107 cm³/mol. The fraction of sp³-hybridized carbons (Fsp3) is 0.409. The largest absolute Gasteiger partial charge is 0.494 e. The van der Waals surface area contributed by atoms with Crippen LogP contribution in [0.5, 0.6) is 17.2 Å². The van der Waals surface area contributed by atoms with Crippen LogP contribution in [-0.2, 0) is 20.7 Å². The summed E-state index contributed by atoms with van der Waals surface area (Å²) in [5.41, 5.74) is 0.844. The molecule has 0 fully saturated rings. The molecule has 6 nitrogen and oxygen atoms in total. The third-order valence-electron chi connectivity index (χ3n) is 4.77. The molecule has 0 saturated carbocycles. The van der Waals surface area contributed by atoms with E-state index in [1.807, 2.05) is 6.07 Å². The first-order valence-electron chi connectivity index (χ1n) is 8.99. The highest BCUT2D eigenvalue weighted by atomic mass is 16.7. The van der Waals surface area contributed by atoms with Crippen molar-refractivity contribution in [3.8, 4) is 17.2 Å². The van der Waals surface area contributed by atoms with Gasteiger partial charge in [-0.15, -0.1) is 13.2 Å². The molecule has 0 unspecified atom stereocenters. The predicted octanol–water partition coefficient (Wildman–Crippen LogP) is 3.85. The fourth-order valence-electron chi connectivity index (χ4n) is 3.31. The number of carbonyl (C=O) groups excluding carboxylic acids is 1. The summed E-state index contributed by atoms with van der Waals surface area (Å²) in [6.45, 7) is 7.55. The zero-order valence-electron chi connectivity index (χ0n) is 16.9. The average Bonchev–Trinajstić information content (AvgIpc) is 2.71. The van der Waals surface area contributed by atoms with Gasteiger partial charge in [0, 0.05) is 37.2 Å². The van der Waals surface area contributed by atoms with Crippen LogP contribution in [0.2, 0.25) is 0 Å². The molecule has 0 amide bonds. The van der Waals surface area contributed by atoms with Crippen molar-refractivity contribution in [1.29, 1.82) is 0 Å². The maximum absolute atomic E-state index is 12.4. The van der Waals surface area contributed by atoms with Crippen LogP contribution in [0.1, 0.15) is 18.4 Å². The zero-order valence-corrected chi connectivity index (χ0v) is 16.9. The summed E-state index contributed by atoms with van der Waals surface area (Å²) in [5.74, 6) is 0.379. The van der Waals surface area contributed by atoms with Crippen molar-refractivity contribution >= 4 is 5.78 Å². The van der Waals surface area contributed by atoms with Crippen molar-refractivity contribution in [2.24, 2.45) is 5.92 Å². The van der Waals surface area contributed by atoms with Gasteiger partial charge < -0.3 is 23.7 Å². The average molecular weight is 388 g/mol. The van der Waals surface area contributed by atoms with Gasteiger partial charge in [-0.25, -0.2) is 0 Å². The van der Waals surface area contributed by atoms with Gasteiger partial charge in [-0.05, 0) is 18.9 Å². The van der Waals surface area contributed by atoms with Gasteiger partial charge in [-0.1, -0.05) is 12.2 Å². The van der Waals surface area contributed by atoms with Gasteiger partial charge in [-0.3, -0.25) is 4.79 Å². The lowest BCUT2D eigenvalue weighted by Gasteiger charge is -2.39. The van der Waals surface area contributed by atoms with Crippen LogP contribution in [0.4, 0.5) is 0 Å². The topological polar surface area (TPSA) is 63.2 Å². The molecular formula is C22H28O6. The molecule has 2 atom stereocenters. The van der Waals surface area contributed by atoms with E-state index in [-0.39, 0.29) is 11.7 Å². The Morgan fingerprint density at radius 2 is 1.71 bits per heavy atom. The summed E-state index contributed by atoms with van der Waals surface area (Å²) in [7, 11) is 6.15. The molecule has 6 heteroatoms. The molecule has 1 aliphatic rings. The summed E-state index contributed by atoms with van der Waals surface area (Å²) < 4.78 is 28.4. The van der Waals surface area contributed by atoms with Crippen molar-refractivity contribution < 1.29 is 28.5 Å². The molecule has 0 saturated heterocycles. The van der Waals surface area contributed by atoms with Gasteiger partial charge in [0.25, 0.3) is 5.79 Å². The molecule has 2 rings (SSSR count). The summed E-state index contributed by atoms with van der Waals surface area (Å²) in [6.07, 6.45) is 6.30. The van der Waals surface area contributed by atoms with E-state index in [1.165, 1.54) is 20.3 Å². The highest BCUT2D eigenvalue weighted by Gasteiger charge is 2.46. The first-order chi connectivity index (χ1) is 13.5. The second kappa shape index (κ2) is 9.46. The van der Waals surface area contributed by atoms with Crippen LogP contribution in [-0.4, -0.2) is 40.0 Å². The molecule has 0 aromatic heterocycles. The Kier molecular flexibility index (Phi) is 7.29. The molecule has 0 bridgehead atoms. The number of allylic oxidation sites excluding steroid dienone is 3. The van der Waals surface area contributed by atoms with Crippen molar-refractivity contribution in [3.63, 3.8) is 0 Å². The van der Waals surface area contributed by atoms with Gasteiger partial charge in [0.1, 0.15) is 5.75 Å². The van der Waals surface area contributed by atoms with Gasteiger partial charge in [0.15, 0.2) is 23.0 Å². The Balaban J connectivity index is 2.55. The molecule has 1 aliphatic carbocycles.